The van der Waals surface area contributed by atoms with E-state index in [9.17, 15) is 0 Å². The number of rotatable bonds is 5. The molecule has 2 heterocycles. The summed E-state index contributed by atoms with van der Waals surface area (Å²) in [7, 11) is 1.71. The highest BCUT2D eigenvalue weighted by Gasteiger charge is 2.25. The van der Waals surface area contributed by atoms with Crippen LogP contribution in [0.15, 0.2) is 60.9 Å². The minimum Gasteiger partial charge on any atom is -0.497 e. The monoisotopic (exact) mass is 367 g/mol. The largest absolute Gasteiger partial charge is 0.497 e. The van der Waals surface area contributed by atoms with Crippen LogP contribution in [0.2, 0.25) is 5.02 Å². The van der Waals surface area contributed by atoms with Crippen LogP contribution in [0.5, 0.6) is 5.75 Å². The molecule has 0 N–H and O–H groups in total. The van der Waals surface area contributed by atoms with Gasteiger partial charge in [0.1, 0.15) is 5.75 Å². The highest BCUT2D eigenvalue weighted by molar-refractivity contribution is 6.30. The lowest BCUT2D eigenvalue weighted by atomic mass is 9.99. The Hall–Kier alpha value is -2.30. The minimum atomic E-state index is 0.535. The summed E-state index contributed by atoms with van der Waals surface area (Å²) in [5.41, 5.74) is 3.65. The first-order valence-corrected chi connectivity index (χ1v) is 9.25. The average molecular weight is 368 g/mol. The fraction of sp³-hybridized carbons (Fsp3) is 0.286. The molecule has 4 nitrogen and oxygen atoms in total. The van der Waals surface area contributed by atoms with E-state index in [0.717, 1.165) is 42.5 Å². The molecule has 0 unspecified atom stereocenters. The third-order valence-electron chi connectivity index (χ3n) is 5.02. The highest BCUT2D eigenvalue weighted by atomic mass is 35.5. The number of halogens is 1. The fourth-order valence-corrected chi connectivity index (χ4v) is 3.90. The van der Waals surface area contributed by atoms with Crippen molar-refractivity contribution in [2.45, 2.75) is 18.9 Å². The second-order valence-electron chi connectivity index (χ2n) is 6.72. The lowest BCUT2D eigenvalue weighted by Crippen LogP contribution is -2.21. The summed E-state index contributed by atoms with van der Waals surface area (Å²) < 4.78 is 7.35. The molecule has 1 aromatic heterocycles. The SMILES string of the molecule is COc1ccc(-n2cccn2)c(CN2CC[C@@H](c3cccc(Cl)c3)C2)c1. The first kappa shape index (κ1) is 17.1. The maximum atomic E-state index is 6.16. The van der Waals surface area contributed by atoms with Crippen molar-refractivity contribution < 1.29 is 4.74 Å². The molecule has 2 aromatic carbocycles. The van der Waals surface area contributed by atoms with Crippen molar-refractivity contribution in [2.24, 2.45) is 0 Å². The molecule has 0 amide bonds. The van der Waals surface area contributed by atoms with E-state index in [4.69, 9.17) is 16.3 Å². The Balaban J connectivity index is 1.54. The molecule has 4 rings (SSSR count). The maximum absolute atomic E-state index is 6.16. The van der Waals surface area contributed by atoms with Gasteiger partial charge in [0.25, 0.3) is 0 Å². The van der Waals surface area contributed by atoms with Crippen molar-refractivity contribution in [2.75, 3.05) is 20.2 Å². The molecular formula is C21H22ClN3O. The predicted octanol–water partition coefficient (Wildman–Crippen LogP) is 4.52. The van der Waals surface area contributed by atoms with Gasteiger partial charge in [-0.2, -0.15) is 5.10 Å². The van der Waals surface area contributed by atoms with Crippen LogP contribution in [0.25, 0.3) is 5.69 Å². The molecule has 3 aromatic rings. The highest BCUT2D eigenvalue weighted by Crippen LogP contribution is 2.31. The number of likely N-dealkylation sites (tertiary alicyclic amines) is 1. The van der Waals surface area contributed by atoms with Crippen molar-refractivity contribution in [3.8, 4) is 11.4 Å². The van der Waals surface area contributed by atoms with Gasteiger partial charge in [0.05, 0.1) is 12.8 Å². The molecule has 26 heavy (non-hydrogen) atoms. The van der Waals surface area contributed by atoms with Gasteiger partial charge >= 0.3 is 0 Å². The van der Waals surface area contributed by atoms with E-state index >= 15 is 0 Å². The molecule has 5 heteroatoms. The summed E-state index contributed by atoms with van der Waals surface area (Å²) in [6.45, 7) is 2.99. The Kier molecular flexibility index (Phi) is 4.96. The van der Waals surface area contributed by atoms with Crippen molar-refractivity contribution in [1.82, 2.24) is 14.7 Å². The van der Waals surface area contributed by atoms with Gasteiger partial charge < -0.3 is 4.74 Å². The van der Waals surface area contributed by atoms with Gasteiger partial charge in [0, 0.05) is 30.5 Å². The van der Waals surface area contributed by atoms with Gasteiger partial charge in [0.2, 0.25) is 0 Å². The standard InChI is InChI=1S/C21H22ClN3O/c1-26-20-6-7-21(25-10-3-9-23-25)18(13-20)15-24-11-8-17(14-24)16-4-2-5-19(22)12-16/h2-7,9-10,12-13,17H,8,11,14-15H2,1H3/t17-/m1/s1. The zero-order valence-corrected chi connectivity index (χ0v) is 15.6. The van der Waals surface area contributed by atoms with Gasteiger partial charge in [-0.15, -0.1) is 0 Å². The maximum Gasteiger partial charge on any atom is 0.119 e. The molecule has 134 valence electrons. The van der Waals surface area contributed by atoms with E-state index in [-0.39, 0.29) is 0 Å². The van der Waals surface area contributed by atoms with E-state index in [1.807, 2.05) is 35.1 Å². The molecule has 0 aliphatic carbocycles. The Bertz CT molecular complexity index is 879. The van der Waals surface area contributed by atoms with E-state index in [0.29, 0.717) is 5.92 Å². The Labute approximate surface area is 159 Å². The fourth-order valence-electron chi connectivity index (χ4n) is 3.70. The van der Waals surface area contributed by atoms with Gasteiger partial charge in [0.15, 0.2) is 0 Å². The number of hydrogen-bond acceptors (Lipinski definition) is 3. The summed E-state index contributed by atoms with van der Waals surface area (Å²) in [6, 6.07) is 16.4. The second kappa shape index (κ2) is 7.52. The molecule has 0 spiro atoms. The third-order valence-corrected chi connectivity index (χ3v) is 5.26. The van der Waals surface area contributed by atoms with Gasteiger partial charge in [-0.05, 0) is 66.4 Å². The minimum absolute atomic E-state index is 0.535. The normalized spacial score (nSPS) is 17.5. The van der Waals surface area contributed by atoms with Crippen LogP contribution in [0.3, 0.4) is 0 Å². The number of benzene rings is 2. The smallest absolute Gasteiger partial charge is 0.119 e. The Morgan fingerprint density at radius 1 is 1.19 bits per heavy atom. The van der Waals surface area contributed by atoms with Gasteiger partial charge in [-0.1, -0.05) is 23.7 Å². The molecule has 1 saturated heterocycles. The number of methoxy groups -OCH3 is 1. The average Bonchev–Trinajstić information content (AvgIpc) is 3.34. The van der Waals surface area contributed by atoms with Crippen LogP contribution in [-0.4, -0.2) is 34.9 Å². The topological polar surface area (TPSA) is 30.3 Å². The zero-order valence-electron chi connectivity index (χ0n) is 14.8. The lowest BCUT2D eigenvalue weighted by molar-refractivity contribution is 0.325. The molecule has 1 aliphatic heterocycles. The summed E-state index contributed by atoms with van der Waals surface area (Å²) in [5.74, 6) is 1.41. The van der Waals surface area contributed by atoms with Crippen molar-refractivity contribution in [3.63, 3.8) is 0 Å². The summed E-state index contributed by atoms with van der Waals surface area (Å²) in [6.07, 6.45) is 4.94. The third kappa shape index (κ3) is 3.62. The molecule has 0 bridgehead atoms. The van der Waals surface area contributed by atoms with Crippen LogP contribution >= 0.6 is 11.6 Å². The summed E-state index contributed by atoms with van der Waals surface area (Å²) in [5, 5.41) is 5.21. The van der Waals surface area contributed by atoms with Crippen LogP contribution in [0.4, 0.5) is 0 Å². The molecule has 0 radical (unpaired) electrons. The number of ether oxygens (including phenoxy) is 1. The van der Waals surface area contributed by atoms with Crippen LogP contribution in [0, 0.1) is 0 Å². The first-order chi connectivity index (χ1) is 12.7. The molecule has 1 fully saturated rings. The van der Waals surface area contributed by atoms with E-state index in [1.54, 1.807) is 13.3 Å². The molecule has 0 saturated carbocycles. The Morgan fingerprint density at radius 3 is 2.88 bits per heavy atom. The van der Waals surface area contributed by atoms with E-state index in [2.05, 4.69) is 34.3 Å². The van der Waals surface area contributed by atoms with Gasteiger partial charge in [-0.3, -0.25) is 4.90 Å². The van der Waals surface area contributed by atoms with Crippen LogP contribution in [0.1, 0.15) is 23.5 Å². The van der Waals surface area contributed by atoms with Crippen molar-refractivity contribution in [1.29, 1.82) is 0 Å². The Morgan fingerprint density at radius 2 is 2.12 bits per heavy atom. The zero-order chi connectivity index (χ0) is 17.9. The predicted molar refractivity (Wildman–Crippen MR) is 104 cm³/mol. The van der Waals surface area contributed by atoms with Gasteiger partial charge in [-0.25, -0.2) is 4.68 Å². The lowest BCUT2D eigenvalue weighted by Gasteiger charge is -2.19. The van der Waals surface area contributed by atoms with E-state index in [1.165, 1.54) is 11.1 Å². The summed E-state index contributed by atoms with van der Waals surface area (Å²) in [4.78, 5) is 2.49. The van der Waals surface area contributed by atoms with Crippen LogP contribution in [-0.2, 0) is 6.54 Å². The molecular weight excluding hydrogens is 346 g/mol. The second-order valence-corrected chi connectivity index (χ2v) is 7.16. The number of hydrogen-bond donors (Lipinski definition) is 0. The quantitative estimate of drug-likeness (QED) is 0.664. The molecule has 1 atom stereocenters. The summed E-state index contributed by atoms with van der Waals surface area (Å²) >= 11 is 6.16. The first-order valence-electron chi connectivity index (χ1n) is 8.87. The van der Waals surface area contributed by atoms with E-state index < -0.39 is 0 Å². The van der Waals surface area contributed by atoms with Crippen LogP contribution < -0.4 is 4.74 Å². The number of aromatic nitrogens is 2. The van der Waals surface area contributed by atoms with Crippen molar-refractivity contribution in [3.05, 3.63) is 77.1 Å². The van der Waals surface area contributed by atoms with Crippen molar-refractivity contribution >= 4 is 11.6 Å². The number of nitrogens with zero attached hydrogens (tertiary/aromatic N) is 3. The molecule has 1 aliphatic rings.